The molecule has 126 valence electrons. The largest absolute Gasteiger partial charge is 0.362 e. The number of ether oxygens (including phenoxy) is 1. The zero-order valence-corrected chi connectivity index (χ0v) is 14.4. The normalized spacial score (nSPS) is 21.5. The number of nitro groups is 1. The van der Waals surface area contributed by atoms with Crippen molar-refractivity contribution in [1.82, 2.24) is 14.8 Å². The maximum atomic E-state index is 11.5. The first-order valence-corrected chi connectivity index (χ1v) is 7.68. The molecule has 0 aliphatic carbocycles. The van der Waals surface area contributed by atoms with Crippen LogP contribution in [0.1, 0.15) is 18.9 Å². The SMILES string of the molecule is COC1CC(C)C([N+](=O)[O-])=C(N(C)Cc2ccc(Cl)nc2)N1C. The minimum Gasteiger partial charge on any atom is -0.362 e. The molecule has 0 fully saturated rings. The van der Waals surface area contributed by atoms with Crippen LogP contribution in [0.5, 0.6) is 0 Å². The number of halogens is 1. The summed E-state index contributed by atoms with van der Waals surface area (Å²) in [6.45, 7) is 2.35. The number of rotatable bonds is 5. The van der Waals surface area contributed by atoms with Gasteiger partial charge in [0.2, 0.25) is 0 Å². The predicted molar refractivity (Wildman–Crippen MR) is 87.1 cm³/mol. The number of methoxy groups -OCH3 is 1. The second-order valence-electron chi connectivity index (χ2n) is 5.75. The fraction of sp³-hybridized carbons (Fsp3) is 0.533. The van der Waals surface area contributed by atoms with Gasteiger partial charge in [0.25, 0.3) is 5.70 Å². The van der Waals surface area contributed by atoms with Gasteiger partial charge in [-0.3, -0.25) is 10.1 Å². The van der Waals surface area contributed by atoms with E-state index in [2.05, 4.69) is 4.98 Å². The van der Waals surface area contributed by atoms with E-state index in [1.54, 1.807) is 19.4 Å². The predicted octanol–water partition coefficient (Wildman–Crippen LogP) is 2.56. The van der Waals surface area contributed by atoms with Crippen LogP contribution in [0.15, 0.2) is 29.8 Å². The summed E-state index contributed by atoms with van der Waals surface area (Å²) in [4.78, 5) is 19.0. The molecule has 1 aromatic heterocycles. The molecular weight excluding hydrogens is 320 g/mol. The maximum Gasteiger partial charge on any atom is 0.289 e. The summed E-state index contributed by atoms with van der Waals surface area (Å²) < 4.78 is 5.46. The Morgan fingerprint density at radius 1 is 1.57 bits per heavy atom. The monoisotopic (exact) mass is 340 g/mol. The van der Waals surface area contributed by atoms with E-state index in [1.165, 1.54) is 0 Å². The van der Waals surface area contributed by atoms with Crippen molar-refractivity contribution >= 4 is 11.6 Å². The molecule has 2 rings (SSSR count). The Hall–Kier alpha value is -1.86. The van der Waals surface area contributed by atoms with Crippen LogP contribution in [-0.2, 0) is 11.3 Å². The Morgan fingerprint density at radius 2 is 2.26 bits per heavy atom. The lowest BCUT2D eigenvalue weighted by Gasteiger charge is -2.39. The van der Waals surface area contributed by atoms with E-state index in [1.807, 2.05) is 36.9 Å². The number of nitrogens with zero attached hydrogens (tertiary/aromatic N) is 4. The molecule has 2 unspecified atom stereocenters. The van der Waals surface area contributed by atoms with Crippen LogP contribution in [-0.4, -0.2) is 47.1 Å². The molecule has 0 bridgehead atoms. The molecule has 0 aromatic carbocycles. The van der Waals surface area contributed by atoms with E-state index in [9.17, 15) is 10.1 Å². The summed E-state index contributed by atoms with van der Waals surface area (Å²) in [5.74, 6) is 0.377. The van der Waals surface area contributed by atoms with Gasteiger partial charge in [-0.25, -0.2) is 4.98 Å². The molecule has 1 aromatic rings. The Bertz CT molecular complexity index is 605. The van der Waals surface area contributed by atoms with Gasteiger partial charge in [-0.2, -0.15) is 0 Å². The van der Waals surface area contributed by atoms with Crippen molar-refractivity contribution in [3.8, 4) is 0 Å². The number of hydrogen-bond donors (Lipinski definition) is 0. The second kappa shape index (κ2) is 7.14. The number of aromatic nitrogens is 1. The lowest BCUT2D eigenvalue weighted by Crippen LogP contribution is -2.45. The third kappa shape index (κ3) is 3.73. The van der Waals surface area contributed by atoms with Gasteiger partial charge in [0.1, 0.15) is 11.4 Å². The van der Waals surface area contributed by atoms with Crippen molar-refractivity contribution in [2.75, 3.05) is 21.2 Å². The smallest absolute Gasteiger partial charge is 0.289 e. The Balaban J connectivity index is 2.35. The van der Waals surface area contributed by atoms with Gasteiger partial charge in [-0.15, -0.1) is 0 Å². The molecule has 0 saturated carbocycles. The average Bonchev–Trinajstić information content (AvgIpc) is 2.50. The van der Waals surface area contributed by atoms with Crippen molar-refractivity contribution in [3.05, 3.63) is 50.7 Å². The lowest BCUT2D eigenvalue weighted by atomic mass is 9.98. The molecule has 2 heterocycles. The van der Waals surface area contributed by atoms with Gasteiger partial charge < -0.3 is 14.5 Å². The molecule has 0 spiro atoms. The van der Waals surface area contributed by atoms with Crippen LogP contribution >= 0.6 is 11.6 Å². The first-order chi connectivity index (χ1) is 10.8. The summed E-state index contributed by atoms with van der Waals surface area (Å²) in [6.07, 6.45) is 2.07. The van der Waals surface area contributed by atoms with E-state index in [4.69, 9.17) is 16.3 Å². The van der Waals surface area contributed by atoms with Crippen molar-refractivity contribution in [2.24, 2.45) is 5.92 Å². The fourth-order valence-corrected chi connectivity index (χ4v) is 3.05. The van der Waals surface area contributed by atoms with Gasteiger partial charge in [-0.1, -0.05) is 24.6 Å². The first-order valence-electron chi connectivity index (χ1n) is 7.30. The van der Waals surface area contributed by atoms with Gasteiger partial charge in [0.05, 0.1) is 10.8 Å². The zero-order valence-electron chi connectivity index (χ0n) is 13.7. The molecular formula is C15H21ClN4O3. The molecule has 0 N–H and O–H groups in total. The van der Waals surface area contributed by atoms with Crippen LogP contribution in [0, 0.1) is 16.0 Å². The minimum atomic E-state index is -0.293. The van der Waals surface area contributed by atoms with Gasteiger partial charge in [-0.05, 0) is 11.6 Å². The second-order valence-corrected chi connectivity index (χ2v) is 6.14. The summed E-state index contributed by atoms with van der Waals surface area (Å²) in [5.41, 5.74) is 1.14. The van der Waals surface area contributed by atoms with E-state index < -0.39 is 0 Å². The minimum absolute atomic E-state index is 0.186. The molecule has 2 atom stereocenters. The molecule has 7 nitrogen and oxygen atoms in total. The highest BCUT2D eigenvalue weighted by Crippen LogP contribution is 2.33. The quantitative estimate of drug-likeness (QED) is 0.466. The third-order valence-corrected chi connectivity index (χ3v) is 4.28. The standard InChI is InChI=1S/C15H21ClN4O3/c1-10-7-13(23-4)19(3)15(14(10)20(21)22)18(2)9-11-5-6-12(16)17-8-11/h5-6,8,10,13H,7,9H2,1-4H3. The Kier molecular flexibility index (Phi) is 5.43. The Labute approximate surface area is 140 Å². The lowest BCUT2D eigenvalue weighted by molar-refractivity contribution is -0.440. The maximum absolute atomic E-state index is 11.5. The molecule has 0 amide bonds. The van der Waals surface area contributed by atoms with Crippen molar-refractivity contribution in [3.63, 3.8) is 0 Å². The average molecular weight is 341 g/mol. The molecule has 1 aliphatic heterocycles. The molecule has 0 saturated heterocycles. The van der Waals surface area contributed by atoms with Gasteiger partial charge >= 0.3 is 0 Å². The van der Waals surface area contributed by atoms with Crippen LogP contribution in [0.3, 0.4) is 0 Å². The first kappa shape index (κ1) is 17.5. The zero-order chi connectivity index (χ0) is 17.1. The molecule has 1 aliphatic rings. The number of hydrogen-bond acceptors (Lipinski definition) is 6. The summed E-state index contributed by atoms with van der Waals surface area (Å²) in [6, 6.07) is 3.57. The highest BCUT2D eigenvalue weighted by atomic mass is 35.5. The van der Waals surface area contributed by atoms with E-state index >= 15 is 0 Å². The molecule has 8 heteroatoms. The van der Waals surface area contributed by atoms with Crippen molar-refractivity contribution in [1.29, 1.82) is 0 Å². The molecule has 23 heavy (non-hydrogen) atoms. The van der Waals surface area contributed by atoms with Crippen molar-refractivity contribution < 1.29 is 9.66 Å². The van der Waals surface area contributed by atoms with E-state index in [0.29, 0.717) is 23.9 Å². The van der Waals surface area contributed by atoms with Crippen LogP contribution in [0.25, 0.3) is 0 Å². The summed E-state index contributed by atoms with van der Waals surface area (Å²) >= 11 is 5.79. The highest BCUT2D eigenvalue weighted by molar-refractivity contribution is 6.29. The highest BCUT2D eigenvalue weighted by Gasteiger charge is 2.39. The van der Waals surface area contributed by atoms with Gasteiger partial charge in [0.15, 0.2) is 5.82 Å². The fourth-order valence-electron chi connectivity index (χ4n) is 2.94. The van der Waals surface area contributed by atoms with Crippen LogP contribution in [0.4, 0.5) is 0 Å². The van der Waals surface area contributed by atoms with Crippen molar-refractivity contribution in [2.45, 2.75) is 26.1 Å². The topological polar surface area (TPSA) is 71.7 Å². The van der Waals surface area contributed by atoms with Crippen LogP contribution < -0.4 is 0 Å². The van der Waals surface area contributed by atoms with E-state index in [-0.39, 0.29) is 22.8 Å². The molecule has 0 radical (unpaired) electrons. The summed E-state index contributed by atoms with van der Waals surface area (Å²) in [5, 5.41) is 12.0. The number of pyridine rings is 1. The van der Waals surface area contributed by atoms with Gasteiger partial charge in [0, 0.05) is 40.4 Å². The summed E-state index contributed by atoms with van der Waals surface area (Å²) in [7, 11) is 5.26. The van der Waals surface area contributed by atoms with Crippen LogP contribution in [0.2, 0.25) is 5.15 Å². The van der Waals surface area contributed by atoms with E-state index in [0.717, 1.165) is 5.56 Å². The number of allylic oxidation sites excluding steroid dienone is 1. The Morgan fingerprint density at radius 3 is 2.78 bits per heavy atom. The third-order valence-electron chi connectivity index (χ3n) is 4.06.